The first-order valence-electron chi connectivity index (χ1n) is 12.0. The van der Waals surface area contributed by atoms with Gasteiger partial charge in [0.15, 0.2) is 11.5 Å². The van der Waals surface area contributed by atoms with Gasteiger partial charge in [-0.2, -0.15) is 0 Å². The maximum absolute atomic E-state index is 13.6. The van der Waals surface area contributed by atoms with Gasteiger partial charge in [0.1, 0.15) is 6.61 Å². The highest BCUT2D eigenvalue weighted by molar-refractivity contribution is 7.10. The van der Waals surface area contributed by atoms with E-state index in [9.17, 15) is 9.59 Å². The van der Waals surface area contributed by atoms with Crippen molar-refractivity contribution in [1.29, 1.82) is 0 Å². The second-order valence-corrected chi connectivity index (χ2v) is 10.1. The van der Waals surface area contributed by atoms with Crippen molar-refractivity contribution >= 4 is 23.2 Å². The van der Waals surface area contributed by atoms with E-state index in [-0.39, 0.29) is 36.4 Å². The third-order valence-electron chi connectivity index (χ3n) is 6.46. The van der Waals surface area contributed by atoms with Crippen molar-refractivity contribution in [1.82, 2.24) is 9.80 Å². The zero-order valence-electron chi connectivity index (χ0n) is 20.2. The Balaban J connectivity index is 1.51. The summed E-state index contributed by atoms with van der Waals surface area (Å²) in [5.41, 5.74) is 1.13. The summed E-state index contributed by atoms with van der Waals surface area (Å²) in [6.07, 6.45) is 2.74. The molecule has 34 heavy (non-hydrogen) atoms. The summed E-state index contributed by atoms with van der Waals surface area (Å²) in [5.74, 6) is 1.06. The van der Waals surface area contributed by atoms with Crippen LogP contribution in [-0.2, 0) is 20.7 Å². The van der Waals surface area contributed by atoms with E-state index in [0.717, 1.165) is 31.4 Å². The van der Waals surface area contributed by atoms with Gasteiger partial charge in [-0.05, 0) is 48.4 Å². The number of carbonyl (C=O) groups is 2. The summed E-state index contributed by atoms with van der Waals surface area (Å²) in [4.78, 5) is 31.4. The second kappa shape index (κ2) is 11.2. The minimum absolute atomic E-state index is 0.00464. The molecule has 0 aliphatic carbocycles. The summed E-state index contributed by atoms with van der Waals surface area (Å²) >= 11 is 1.72. The molecule has 2 atom stereocenters. The summed E-state index contributed by atoms with van der Waals surface area (Å²) in [5, 5.41) is 2.07. The fourth-order valence-corrected chi connectivity index (χ4v) is 5.60. The lowest BCUT2D eigenvalue weighted by molar-refractivity contribution is -0.145. The van der Waals surface area contributed by atoms with Gasteiger partial charge >= 0.3 is 0 Å². The van der Waals surface area contributed by atoms with Crippen LogP contribution in [0.25, 0.3) is 0 Å². The van der Waals surface area contributed by atoms with Crippen LogP contribution in [-0.4, -0.2) is 67.7 Å². The van der Waals surface area contributed by atoms with E-state index >= 15 is 0 Å². The molecular formula is C26H34N2O5S. The maximum Gasteiger partial charge on any atom is 0.242 e. The monoisotopic (exact) mass is 486 g/mol. The van der Waals surface area contributed by atoms with Crippen LogP contribution in [0.4, 0.5) is 0 Å². The van der Waals surface area contributed by atoms with Crippen molar-refractivity contribution in [2.75, 3.05) is 40.0 Å². The van der Waals surface area contributed by atoms with Gasteiger partial charge in [-0.15, -0.1) is 11.3 Å². The number of rotatable bonds is 9. The molecule has 0 unspecified atom stereocenters. The molecule has 184 valence electrons. The highest BCUT2D eigenvalue weighted by atomic mass is 32.1. The first-order chi connectivity index (χ1) is 16.5. The number of nitrogens with zero attached hydrogens (tertiary/aromatic N) is 2. The zero-order valence-corrected chi connectivity index (χ0v) is 21.0. The summed E-state index contributed by atoms with van der Waals surface area (Å²) in [6.45, 7) is 5.91. The SMILES string of the molecule is COc1ccccc1OC[C@H]1c2ccsc2CCN1C(=O)CN(C[C@H]1CCCO1)C(=O)C(C)C. The van der Waals surface area contributed by atoms with Crippen molar-refractivity contribution in [3.8, 4) is 11.5 Å². The molecule has 0 spiro atoms. The van der Waals surface area contributed by atoms with E-state index in [0.29, 0.717) is 31.2 Å². The summed E-state index contributed by atoms with van der Waals surface area (Å²) < 4.78 is 17.3. The van der Waals surface area contributed by atoms with Gasteiger partial charge in [0.2, 0.25) is 11.8 Å². The van der Waals surface area contributed by atoms with E-state index < -0.39 is 0 Å². The molecule has 0 N–H and O–H groups in total. The Bertz CT molecular complexity index is 985. The maximum atomic E-state index is 13.6. The number of hydrogen-bond donors (Lipinski definition) is 0. The Morgan fingerprint density at radius 2 is 2.03 bits per heavy atom. The van der Waals surface area contributed by atoms with Crippen LogP contribution in [0.15, 0.2) is 35.7 Å². The quantitative estimate of drug-likeness (QED) is 0.537. The van der Waals surface area contributed by atoms with Crippen LogP contribution in [0.3, 0.4) is 0 Å². The molecule has 0 saturated carbocycles. The van der Waals surface area contributed by atoms with Crippen LogP contribution < -0.4 is 9.47 Å². The van der Waals surface area contributed by atoms with E-state index in [2.05, 4.69) is 11.4 Å². The van der Waals surface area contributed by atoms with Gasteiger partial charge in [-0.1, -0.05) is 26.0 Å². The molecule has 2 amide bonds. The predicted molar refractivity (Wildman–Crippen MR) is 131 cm³/mol. The second-order valence-electron chi connectivity index (χ2n) is 9.12. The van der Waals surface area contributed by atoms with E-state index in [1.807, 2.05) is 43.0 Å². The number of carbonyl (C=O) groups excluding carboxylic acids is 2. The first kappa shape index (κ1) is 24.5. The highest BCUT2D eigenvalue weighted by Gasteiger charge is 2.34. The Kier molecular flexibility index (Phi) is 8.11. The lowest BCUT2D eigenvalue weighted by Gasteiger charge is -2.37. The molecule has 0 bridgehead atoms. The van der Waals surface area contributed by atoms with Crippen LogP contribution in [0.1, 0.15) is 43.2 Å². The number of ether oxygens (including phenoxy) is 3. The lowest BCUT2D eigenvalue weighted by atomic mass is 10.00. The molecule has 1 aromatic heterocycles. The standard InChI is InChI=1S/C26H34N2O5S/c1-18(2)26(30)27(15-19-7-6-13-32-19)16-25(29)28-12-10-24-20(11-14-34-24)21(28)17-33-23-9-5-4-8-22(23)31-3/h4-5,8-9,11,14,18-19,21H,6-7,10,12-13,15-17H2,1-3H3/t19-,21+/m1/s1. The summed E-state index contributed by atoms with van der Waals surface area (Å²) in [7, 11) is 1.62. The average molecular weight is 487 g/mol. The molecule has 1 fully saturated rings. The van der Waals surface area contributed by atoms with E-state index in [1.165, 1.54) is 4.88 Å². The third kappa shape index (κ3) is 5.55. The van der Waals surface area contributed by atoms with Crippen LogP contribution in [0, 0.1) is 5.92 Å². The van der Waals surface area contributed by atoms with Gasteiger partial charge in [0.05, 0.1) is 25.8 Å². The minimum atomic E-state index is -0.217. The minimum Gasteiger partial charge on any atom is -0.493 e. The number of para-hydroxylation sites is 2. The van der Waals surface area contributed by atoms with Crippen LogP contribution >= 0.6 is 11.3 Å². The lowest BCUT2D eigenvalue weighted by Crippen LogP contribution is -2.50. The molecule has 4 rings (SSSR count). The van der Waals surface area contributed by atoms with Gasteiger partial charge in [-0.25, -0.2) is 0 Å². The summed E-state index contributed by atoms with van der Waals surface area (Å²) in [6, 6.07) is 9.39. The zero-order chi connectivity index (χ0) is 24.1. The van der Waals surface area contributed by atoms with Crippen molar-refractivity contribution in [2.45, 2.75) is 45.3 Å². The average Bonchev–Trinajstić information content (AvgIpc) is 3.53. The Morgan fingerprint density at radius 3 is 2.74 bits per heavy atom. The molecule has 3 heterocycles. The smallest absolute Gasteiger partial charge is 0.242 e. The fourth-order valence-electron chi connectivity index (χ4n) is 4.67. The van der Waals surface area contributed by atoms with Gasteiger partial charge in [-0.3, -0.25) is 9.59 Å². The molecule has 8 heteroatoms. The van der Waals surface area contributed by atoms with Crippen LogP contribution in [0.5, 0.6) is 11.5 Å². The number of methoxy groups -OCH3 is 1. The van der Waals surface area contributed by atoms with Crippen molar-refractivity contribution < 1.29 is 23.8 Å². The van der Waals surface area contributed by atoms with Crippen molar-refractivity contribution in [2.24, 2.45) is 5.92 Å². The molecule has 1 saturated heterocycles. The van der Waals surface area contributed by atoms with Crippen molar-refractivity contribution in [3.05, 3.63) is 46.2 Å². The Morgan fingerprint density at radius 1 is 1.24 bits per heavy atom. The largest absolute Gasteiger partial charge is 0.493 e. The molecule has 7 nitrogen and oxygen atoms in total. The first-order valence-corrected chi connectivity index (χ1v) is 12.9. The van der Waals surface area contributed by atoms with Gasteiger partial charge in [0.25, 0.3) is 0 Å². The normalized spacial score (nSPS) is 19.7. The molecule has 2 aliphatic heterocycles. The third-order valence-corrected chi connectivity index (χ3v) is 7.46. The number of benzene rings is 1. The van der Waals surface area contributed by atoms with Crippen LogP contribution in [0.2, 0.25) is 0 Å². The molecular weight excluding hydrogens is 452 g/mol. The van der Waals surface area contributed by atoms with Crippen molar-refractivity contribution in [3.63, 3.8) is 0 Å². The molecule has 2 aromatic rings. The predicted octanol–water partition coefficient (Wildman–Crippen LogP) is 3.93. The Labute approximate surface area is 205 Å². The molecule has 0 radical (unpaired) electrons. The number of fused-ring (bicyclic) bond motifs is 1. The fraction of sp³-hybridized carbons (Fsp3) is 0.538. The molecule has 1 aromatic carbocycles. The van der Waals surface area contributed by atoms with E-state index in [1.54, 1.807) is 23.3 Å². The number of thiophene rings is 1. The number of amides is 2. The number of hydrogen-bond acceptors (Lipinski definition) is 6. The molecule has 2 aliphatic rings. The topological polar surface area (TPSA) is 68.3 Å². The van der Waals surface area contributed by atoms with E-state index in [4.69, 9.17) is 14.2 Å². The highest BCUT2D eigenvalue weighted by Crippen LogP contribution is 2.35. The Hall–Kier alpha value is -2.58. The van der Waals surface area contributed by atoms with Gasteiger partial charge in [0, 0.05) is 30.5 Å². The van der Waals surface area contributed by atoms with Gasteiger partial charge < -0.3 is 24.0 Å².